The summed E-state index contributed by atoms with van der Waals surface area (Å²) in [5.74, 6) is -0.497. The van der Waals surface area contributed by atoms with Crippen molar-refractivity contribution >= 4 is 25.5 Å². The third-order valence-corrected chi connectivity index (χ3v) is 3.07. The average molecular weight is 344 g/mol. The Balaban J connectivity index is 2.67. The molecule has 0 saturated heterocycles. The summed E-state index contributed by atoms with van der Waals surface area (Å²) in [5.41, 5.74) is 0.330. The number of esters is 1. The number of rotatable bonds is 7. The second kappa shape index (κ2) is 8.44. The second-order valence-electron chi connectivity index (χ2n) is 4.21. The van der Waals surface area contributed by atoms with Crippen LogP contribution in [0, 0.1) is 0 Å². The van der Waals surface area contributed by atoms with E-state index in [1.807, 2.05) is 0 Å². The van der Waals surface area contributed by atoms with Crippen LogP contribution >= 0.6 is 7.82 Å². The highest BCUT2D eigenvalue weighted by atomic mass is 31.2. The fraction of sp³-hybridized carbons (Fsp3) is 0.231. The topological polar surface area (TPSA) is 125 Å². The number of para-hydroxylation sites is 2. The van der Waals surface area contributed by atoms with Gasteiger partial charge in [-0.25, -0.2) is 14.2 Å². The van der Waals surface area contributed by atoms with Crippen LogP contribution in [-0.2, 0) is 13.9 Å². The minimum absolute atomic E-state index is 0.108. The molecule has 3 N–H and O–H groups in total. The Labute approximate surface area is 132 Å². The van der Waals surface area contributed by atoms with Crippen molar-refractivity contribution in [2.45, 2.75) is 0 Å². The lowest BCUT2D eigenvalue weighted by Crippen LogP contribution is -2.39. The molecule has 0 aliphatic heterocycles. The van der Waals surface area contributed by atoms with E-state index in [2.05, 4.69) is 16.4 Å². The van der Waals surface area contributed by atoms with Crippen molar-refractivity contribution in [1.82, 2.24) is 5.32 Å². The number of hydrogen-bond acceptors (Lipinski definition) is 5. The number of phosphoric acid groups is 1. The summed E-state index contributed by atoms with van der Waals surface area (Å²) in [4.78, 5) is 41.5. The summed E-state index contributed by atoms with van der Waals surface area (Å²) in [7, 11) is -3.12. The molecule has 1 aromatic carbocycles. The Hall–Kier alpha value is -2.19. The molecule has 0 heterocycles. The van der Waals surface area contributed by atoms with E-state index in [0.717, 1.165) is 6.08 Å². The molecule has 0 spiro atoms. The van der Waals surface area contributed by atoms with Crippen molar-refractivity contribution in [2.24, 2.45) is 0 Å². The molecule has 2 amide bonds. The van der Waals surface area contributed by atoms with E-state index in [1.165, 1.54) is 18.0 Å². The molecule has 23 heavy (non-hydrogen) atoms. The van der Waals surface area contributed by atoms with Gasteiger partial charge in [0, 0.05) is 19.7 Å². The highest BCUT2D eigenvalue weighted by molar-refractivity contribution is 7.46. The molecule has 9 nitrogen and oxygen atoms in total. The third kappa shape index (κ3) is 6.62. The first-order valence-electron chi connectivity index (χ1n) is 6.39. The zero-order chi connectivity index (χ0) is 17.5. The summed E-state index contributed by atoms with van der Waals surface area (Å²) < 4.78 is 19.7. The molecule has 0 atom stereocenters. The molecule has 0 bridgehead atoms. The summed E-state index contributed by atoms with van der Waals surface area (Å²) in [6, 6.07) is 5.80. The Morgan fingerprint density at radius 1 is 1.39 bits per heavy atom. The zero-order valence-electron chi connectivity index (χ0n) is 12.3. The number of urea groups is 1. The van der Waals surface area contributed by atoms with Gasteiger partial charge in [0.25, 0.3) is 0 Å². The second-order valence-corrected chi connectivity index (χ2v) is 5.45. The molecule has 0 aromatic heterocycles. The number of amides is 2. The van der Waals surface area contributed by atoms with Crippen LogP contribution in [0.5, 0.6) is 5.75 Å². The van der Waals surface area contributed by atoms with Gasteiger partial charge in [0.05, 0.1) is 12.3 Å². The van der Waals surface area contributed by atoms with Gasteiger partial charge >= 0.3 is 19.8 Å². The van der Waals surface area contributed by atoms with Crippen LogP contribution in [0.15, 0.2) is 36.9 Å². The largest absolute Gasteiger partial charge is 0.469 e. The van der Waals surface area contributed by atoms with Crippen LogP contribution in [0.2, 0.25) is 0 Å². The number of anilines is 1. The lowest BCUT2D eigenvalue weighted by Gasteiger charge is -2.20. The molecule has 0 unspecified atom stereocenters. The van der Waals surface area contributed by atoms with E-state index in [9.17, 15) is 14.2 Å². The number of carbonyl (C=O) groups is 2. The van der Waals surface area contributed by atoms with Gasteiger partial charge in [0.15, 0.2) is 5.75 Å². The number of nitrogens with one attached hydrogen (secondary N) is 1. The maximum Gasteiger partial charge on any atom is 0.469 e. The van der Waals surface area contributed by atoms with Gasteiger partial charge in [-0.3, -0.25) is 9.42 Å². The van der Waals surface area contributed by atoms with Gasteiger partial charge in [-0.1, -0.05) is 18.7 Å². The van der Waals surface area contributed by atoms with E-state index in [0.29, 0.717) is 5.69 Å². The van der Waals surface area contributed by atoms with Crippen LogP contribution in [0.25, 0.3) is 0 Å². The van der Waals surface area contributed by atoms with Gasteiger partial charge in [-0.15, -0.1) is 0 Å². The van der Waals surface area contributed by atoms with Crippen molar-refractivity contribution in [3.8, 4) is 5.75 Å². The van der Waals surface area contributed by atoms with Crippen LogP contribution in [0.4, 0.5) is 10.5 Å². The molecule has 0 radical (unpaired) electrons. The van der Waals surface area contributed by atoms with Crippen LogP contribution in [0.1, 0.15) is 0 Å². The number of ether oxygens (including phenoxy) is 1. The fourth-order valence-electron chi connectivity index (χ4n) is 1.52. The maximum absolute atomic E-state index is 12.0. The Kier molecular flexibility index (Phi) is 6.92. The fourth-order valence-corrected chi connectivity index (χ4v) is 1.85. The van der Waals surface area contributed by atoms with Crippen molar-refractivity contribution in [1.29, 1.82) is 0 Å². The smallest absolute Gasteiger partial charge is 0.421 e. The van der Waals surface area contributed by atoms with Crippen molar-refractivity contribution in [3.63, 3.8) is 0 Å². The number of hydrogen-bond donors (Lipinski definition) is 3. The van der Waals surface area contributed by atoms with Crippen LogP contribution < -0.4 is 15.0 Å². The monoisotopic (exact) mass is 344 g/mol. The van der Waals surface area contributed by atoms with E-state index in [1.54, 1.807) is 18.2 Å². The minimum Gasteiger partial charge on any atom is -0.421 e. The van der Waals surface area contributed by atoms with Gasteiger partial charge in [0.1, 0.15) is 0 Å². The molecule has 0 aliphatic rings. The van der Waals surface area contributed by atoms with Crippen LogP contribution in [-0.4, -0.2) is 42.0 Å². The molecule has 1 rings (SSSR count). The quantitative estimate of drug-likeness (QED) is 0.222. The van der Waals surface area contributed by atoms with E-state index < -0.39 is 19.8 Å². The summed E-state index contributed by atoms with van der Waals surface area (Å²) in [5, 5.41) is 2.41. The molecule has 0 aliphatic carbocycles. The first kappa shape index (κ1) is 18.9. The summed E-state index contributed by atoms with van der Waals surface area (Å²) in [6.07, 6.45) is 0.996. The molecule has 1 aromatic rings. The molecule has 10 heteroatoms. The number of nitrogens with zero attached hydrogens (tertiary/aromatic N) is 1. The molecule has 0 saturated carbocycles. The van der Waals surface area contributed by atoms with Crippen molar-refractivity contribution in [2.75, 3.05) is 25.1 Å². The van der Waals surface area contributed by atoms with Crippen LogP contribution in [0.3, 0.4) is 0 Å². The molecular weight excluding hydrogens is 327 g/mol. The highest BCUT2D eigenvalue weighted by Gasteiger charge is 2.17. The van der Waals surface area contributed by atoms with E-state index in [4.69, 9.17) is 14.5 Å². The molecular formula is C13H17N2O7P. The molecule has 0 fully saturated rings. The lowest BCUT2D eigenvalue weighted by atomic mass is 10.2. The van der Waals surface area contributed by atoms with Gasteiger partial charge in [-0.2, -0.15) is 0 Å². The number of carbonyl (C=O) groups excluding carboxylic acids is 2. The van der Waals surface area contributed by atoms with Crippen molar-refractivity contribution < 1.29 is 33.2 Å². The van der Waals surface area contributed by atoms with Gasteiger partial charge in [-0.05, 0) is 12.1 Å². The Morgan fingerprint density at radius 2 is 2.04 bits per heavy atom. The first-order chi connectivity index (χ1) is 10.7. The minimum atomic E-state index is -4.57. The van der Waals surface area contributed by atoms with Gasteiger partial charge in [0.2, 0.25) is 0 Å². The standard InChI is InChI=1S/C13H17N2O7P/c1-3-12(16)22-11-7-5-4-6-10(11)15(2)13(17)14-8-9-21-23(18,19)20/h3-7H,1,8-9H2,2H3,(H,14,17)(H2,18,19,20). The predicted octanol–water partition coefficient (Wildman–Crippen LogP) is 1.03. The number of phosphoric ester groups is 1. The molecule has 126 valence electrons. The predicted molar refractivity (Wildman–Crippen MR) is 82.1 cm³/mol. The maximum atomic E-state index is 12.0. The van der Waals surface area contributed by atoms with E-state index >= 15 is 0 Å². The van der Waals surface area contributed by atoms with Crippen molar-refractivity contribution in [3.05, 3.63) is 36.9 Å². The summed E-state index contributed by atoms with van der Waals surface area (Å²) in [6.45, 7) is 2.83. The Bertz CT molecular complexity index is 629. The average Bonchev–Trinajstić information content (AvgIpc) is 2.50. The lowest BCUT2D eigenvalue weighted by molar-refractivity contribution is -0.128. The van der Waals surface area contributed by atoms with Gasteiger partial charge < -0.3 is 19.8 Å². The highest BCUT2D eigenvalue weighted by Crippen LogP contribution is 2.35. The summed E-state index contributed by atoms with van der Waals surface area (Å²) >= 11 is 0. The first-order valence-corrected chi connectivity index (χ1v) is 7.92. The normalized spacial score (nSPS) is 10.7. The zero-order valence-corrected chi connectivity index (χ0v) is 13.2. The Morgan fingerprint density at radius 3 is 2.65 bits per heavy atom. The SMILES string of the molecule is C=CC(=O)Oc1ccccc1N(C)C(=O)NCCOP(=O)(O)O. The number of benzene rings is 1. The third-order valence-electron chi connectivity index (χ3n) is 2.55. The van der Waals surface area contributed by atoms with E-state index in [-0.39, 0.29) is 18.9 Å².